The fraction of sp³-hybridized carbons (Fsp3) is 0.125. The molecule has 0 unspecified atom stereocenters. The second-order valence-corrected chi connectivity index (χ2v) is 4.26. The van der Waals surface area contributed by atoms with Crippen molar-refractivity contribution in [2.24, 2.45) is 0 Å². The van der Waals surface area contributed by atoms with Gasteiger partial charge in [-0.3, -0.25) is 4.79 Å². The number of rotatable bonds is 3. The second kappa shape index (κ2) is 5.83. The normalized spacial score (nSPS) is 9.68. The van der Waals surface area contributed by atoms with Crippen LogP contribution in [0.5, 0.6) is 0 Å². The van der Waals surface area contributed by atoms with Crippen molar-refractivity contribution in [1.82, 2.24) is 4.98 Å². The van der Waals surface area contributed by atoms with Crippen LogP contribution in [0, 0.1) is 19.3 Å². The van der Waals surface area contributed by atoms with Crippen molar-refractivity contribution in [1.29, 1.82) is 0 Å². The van der Waals surface area contributed by atoms with E-state index in [2.05, 4.69) is 16.2 Å². The van der Waals surface area contributed by atoms with Crippen molar-refractivity contribution in [3.63, 3.8) is 0 Å². The summed E-state index contributed by atoms with van der Waals surface area (Å²) in [7, 11) is 0. The van der Waals surface area contributed by atoms with E-state index in [-0.39, 0.29) is 5.91 Å². The average Bonchev–Trinajstić information content (AvgIpc) is 2.39. The minimum atomic E-state index is -0.102. The van der Waals surface area contributed by atoms with Gasteiger partial charge in [-0.15, -0.1) is 6.42 Å². The highest BCUT2D eigenvalue weighted by atomic mass is 16.1. The Morgan fingerprint density at radius 1 is 1.37 bits per heavy atom. The van der Waals surface area contributed by atoms with E-state index in [0.717, 1.165) is 11.1 Å². The molecule has 1 aromatic heterocycles. The van der Waals surface area contributed by atoms with Crippen LogP contribution in [0.1, 0.15) is 16.8 Å². The monoisotopic (exact) mass is 250 g/mol. The Labute approximate surface area is 112 Å². The Bertz CT molecular complexity index is 641. The van der Waals surface area contributed by atoms with Crippen LogP contribution in [0.15, 0.2) is 42.6 Å². The molecule has 0 aliphatic carbocycles. The molecule has 0 spiro atoms. The lowest BCUT2D eigenvalue weighted by atomic mass is 10.1. The maximum atomic E-state index is 12.0. The predicted octanol–water partition coefficient (Wildman–Crippen LogP) is 2.55. The maximum Gasteiger partial charge on any atom is 0.228 e. The number of hydrogen-bond donors (Lipinski definition) is 1. The SMILES string of the molecule is C#Cc1ncccc1NC(=O)Cc1cccc(C)c1. The van der Waals surface area contributed by atoms with Gasteiger partial charge in [0.05, 0.1) is 12.1 Å². The molecule has 0 aliphatic rings. The highest BCUT2D eigenvalue weighted by Gasteiger charge is 2.07. The minimum absolute atomic E-state index is 0.102. The molecule has 0 saturated heterocycles. The van der Waals surface area contributed by atoms with Gasteiger partial charge in [0.2, 0.25) is 5.91 Å². The van der Waals surface area contributed by atoms with Crippen LogP contribution < -0.4 is 5.32 Å². The molecular formula is C16H14N2O. The molecule has 0 aliphatic heterocycles. The number of pyridine rings is 1. The van der Waals surface area contributed by atoms with E-state index in [4.69, 9.17) is 6.42 Å². The first-order valence-corrected chi connectivity index (χ1v) is 5.96. The van der Waals surface area contributed by atoms with E-state index in [0.29, 0.717) is 17.8 Å². The van der Waals surface area contributed by atoms with Crippen LogP contribution in [-0.4, -0.2) is 10.9 Å². The number of carbonyl (C=O) groups is 1. The third kappa shape index (κ3) is 3.43. The molecule has 0 atom stereocenters. The van der Waals surface area contributed by atoms with Crippen molar-refractivity contribution in [3.8, 4) is 12.3 Å². The number of amides is 1. The number of aryl methyl sites for hydroxylation is 1. The van der Waals surface area contributed by atoms with Gasteiger partial charge >= 0.3 is 0 Å². The zero-order chi connectivity index (χ0) is 13.7. The lowest BCUT2D eigenvalue weighted by Gasteiger charge is -2.07. The van der Waals surface area contributed by atoms with Gasteiger partial charge in [0, 0.05) is 6.20 Å². The summed E-state index contributed by atoms with van der Waals surface area (Å²) < 4.78 is 0. The maximum absolute atomic E-state index is 12.0. The molecule has 1 amide bonds. The van der Waals surface area contributed by atoms with Crippen LogP contribution in [0.2, 0.25) is 0 Å². The molecule has 2 aromatic rings. The average molecular weight is 250 g/mol. The highest BCUT2D eigenvalue weighted by Crippen LogP contribution is 2.12. The summed E-state index contributed by atoms with van der Waals surface area (Å²) in [6, 6.07) is 11.3. The molecule has 1 aromatic carbocycles. The lowest BCUT2D eigenvalue weighted by molar-refractivity contribution is -0.115. The second-order valence-electron chi connectivity index (χ2n) is 4.26. The number of nitrogens with one attached hydrogen (secondary N) is 1. The first-order valence-electron chi connectivity index (χ1n) is 5.96. The topological polar surface area (TPSA) is 42.0 Å². The summed E-state index contributed by atoms with van der Waals surface area (Å²) in [6.07, 6.45) is 7.26. The fourth-order valence-electron chi connectivity index (χ4n) is 1.82. The number of carbonyl (C=O) groups excluding carboxylic acids is 1. The van der Waals surface area contributed by atoms with Crippen LogP contribution in [0.4, 0.5) is 5.69 Å². The number of aromatic nitrogens is 1. The van der Waals surface area contributed by atoms with Crippen molar-refractivity contribution >= 4 is 11.6 Å². The molecule has 0 saturated carbocycles. The van der Waals surface area contributed by atoms with Gasteiger partial charge in [-0.05, 0) is 30.5 Å². The van der Waals surface area contributed by atoms with Crippen molar-refractivity contribution in [2.75, 3.05) is 5.32 Å². The quantitative estimate of drug-likeness (QED) is 0.851. The Kier molecular flexibility index (Phi) is 3.94. The number of nitrogens with zero attached hydrogens (tertiary/aromatic N) is 1. The van der Waals surface area contributed by atoms with Crippen molar-refractivity contribution < 1.29 is 4.79 Å². The predicted molar refractivity (Wildman–Crippen MR) is 75.7 cm³/mol. The lowest BCUT2D eigenvalue weighted by Crippen LogP contribution is -2.15. The number of terminal acetylenes is 1. The summed E-state index contributed by atoms with van der Waals surface area (Å²) in [5, 5.41) is 2.79. The third-order valence-corrected chi connectivity index (χ3v) is 2.67. The van der Waals surface area contributed by atoms with Gasteiger partial charge in [0.25, 0.3) is 0 Å². The number of benzene rings is 1. The fourth-order valence-corrected chi connectivity index (χ4v) is 1.82. The van der Waals surface area contributed by atoms with E-state index in [9.17, 15) is 4.79 Å². The molecule has 94 valence electrons. The third-order valence-electron chi connectivity index (χ3n) is 2.67. The van der Waals surface area contributed by atoms with Gasteiger partial charge in [0.15, 0.2) is 0 Å². The molecule has 2 rings (SSSR count). The van der Waals surface area contributed by atoms with Crippen LogP contribution in [-0.2, 0) is 11.2 Å². The minimum Gasteiger partial charge on any atom is -0.323 e. The molecule has 0 fully saturated rings. The van der Waals surface area contributed by atoms with E-state index in [1.165, 1.54) is 0 Å². The van der Waals surface area contributed by atoms with Crippen LogP contribution in [0.25, 0.3) is 0 Å². The van der Waals surface area contributed by atoms with E-state index in [1.807, 2.05) is 31.2 Å². The van der Waals surface area contributed by atoms with Crippen LogP contribution >= 0.6 is 0 Å². The Hall–Kier alpha value is -2.60. The van der Waals surface area contributed by atoms with E-state index < -0.39 is 0 Å². The Morgan fingerprint density at radius 3 is 2.95 bits per heavy atom. The summed E-state index contributed by atoms with van der Waals surface area (Å²) >= 11 is 0. The van der Waals surface area contributed by atoms with E-state index in [1.54, 1.807) is 18.3 Å². The summed E-state index contributed by atoms with van der Waals surface area (Å²) in [4.78, 5) is 16.0. The first kappa shape index (κ1) is 12.8. The van der Waals surface area contributed by atoms with Gasteiger partial charge in [0.1, 0.15) is 5.69 Å². The van der Waals surface area contributed by atoms with Gasteiger partial charge in [-0.25, -0.2) is 4.98 Å². The number of anilines is 1. The largest absolute Gasteiger partial charge is 0.323 e. The van der Waals surface area contributed by atoms with E-state index >= 15 is 0 Å². The van der Waals surface area contributed by atoms with Gasteiger partial charge < -0.3 is 5.32 Å². The standard InChI is InChI=1S/C16H14N2O/c1-3-14-15(8-5-9-17-14)18-16(19)11-13-7-4-6-12(2)10-13/h1,4-10H,11H2,2H3,(H,18,19). The summed E-state index contributed by atoms with van der Waals surface area (Å²) in [5.41, 5.74) is 3.13. The van der Waals surface area contributed by atoms with Crippen molar-refractivity contribution in [3.05, 3.63) is 59.4 Å². The van der Waals surface area contributed by atoms with Gasteiger partial charge in [-0.1, -0.05) is 29.8 Å². The Balaban J connectivity index is 2.08. The van der Waals surface area contributed by atoms with Crippen molar-refractivity contribution in [2.45, 2.75) is 13.3 Å². The number of hydrogen-bond acceptors (Lipinski definition) is 2. The summed E-state index contributed by atoms with van der Waals surface area (Å²) in [5.74, 6) is 2.35. The van der Waals surface area contributed by atoms with Crippen LogP contribution in [0.3, 0.4) is 0 Å². The Morgan fingerprint density at radius 2 is 2.21 bits per heavy atom. The first-order chi connectivity index (χ1) is 9.19. The molecule has 1 heterocycles. The molecule has 3 heteroatoms. The highest BCUT2D eigenvalue weighted by molar-refractivity contribution is 5.93. The smallest absolute Gasteiger partial charge is 0.228 e. The zero-order valence-electron chi connectivity index (χ0n) is 10.7. The zero-order valence-corrected chi connectivity index (χ0v) is 10.7. The molecule has 1 N–H and O–H groups in total. The van der Waals surface area contributed by atoms with Gasteiger partial charge in [-0.2, -0.15) is 0 Å². The molecular weight excluding hydrogens is 236 g/mol. The molecule has 0 radical (unpaired) electrons. The molecule has 3 nitrogen and oxygen atoms in total. The molecule has 19 heavy (non-hydrogen) atoms. The molecule has 0 bridgehead atoms. The summed E-state index contributed by atoms with van der Waals surface area (Å²) in [6.45, 7) is 2.00.